The monoisotopic (exact) mass is 371 g/mol. The highest BCUT2D eigenvalue weighted by Gasteiger charge is 2.27. The van der Waals surface area contributed by atoms with Crippen molar-refractivity contribution in [2.24, 2.45) is 0 Å². The normalized spacial score (nSPS) is 17.6. The number of carbonyl (C=O) groups is 1. The lowest BCUT2D eigenvalue weighted by Gasteiger charge is -2.33. The SMILES string of the molecule is Nc1ncc(-c2nc3c(c(N4CCOCC4)n2)CCN(CC(=O)O)C3)cn1. The van der Waals surface area contributed by atoms with Crippen LogP contribution in [0, 0.1) is 0 Å². The molecule has 0 unspecified atom stereocenters. The second kappa shape index (κ2) is 7.41. The summed E-state index contributed by atoms with van der Waals surface area (Å²) in [4.78, 5) is 32.7. The second-order valence-corrected chi connectivity index (χ2v) is 6.58. The molecule has 4 heterocycles. The maximum absolute atomic E-state index is 11.1. The van der Waals surface area contributed by atoms with Gasteiger partial charge in [-0.3, -0.25) is 9.69 Å². The van der Waals surface area contributed by atoms with Crippen LogP contribution in [0.1, 0.15) is 11.3 Å². The smallest absolute Gasteiger partial charge is 0.317 e. The summed E-state index contributed by atoms with van der Waals surface area (Å²) >= 11 is 0. The first-order chi connectivity index (χ1) is 13.1. The van der Waals surface area contributed by atoms with Crippen LogP contribution < -0.4 is 10.6 Å². The number of anilines is 2. The van der Waals surface area contributed by atoms with Gasteiger partial charge in [0.2, 0.25) is 5.95 Å². The van der Waals surface area contributed by atoms with Crippen LogP contribution in [0.25, 0.3) is 11.4 Å². The Morgan fingerprint density at radius 2 is 1.93 bits per heavy atom. The third-order valence-corrected chi connectivity index (χ3v) is 4.72. The number of ether oxygens (including phenoxy) is 1. The molecule has 27 heavy (non-hydrogen) atoms. The highest BCUT2D eigenvalue weighted by atomic mass is 16.5. The Labute approximate surface area is 156 Å². The average Bonchev–Trinajstić information content (AvgIpc) is 2.68. The van der Waals surface area contributed by atoms with Crippen molar-refractivity contribution < 1.29 is 14.6 Å². The molecule has 2 aliphatic rings. The van der Waals surface area contributed by atoms with E-state index < -0.39 is 5.97 Å². The fraction of sp³-hybridized carbons (Fsp3) is 0.471. The third kappa shape index (κ3) is 3.81. The fourth-order valence-electron chi connectivity index (χ4n) is 3.41. The zero-order valence-corrected chi connectivity index (χ0v) is 14.8. The number of hydrogen-bond donors (Lipinski definition) is 2. The molecule has 0 atom stereocenters. The fourth-order valence-corrected chi connectivity index (χ4v) is 3.41. The van der Waals surface area contributed by atoms with Crippen LogP contribution in [-0.2, 0) is 22.5 Å². The van der Waals surface area contributed by atoms with Gasteiger partial charge in [-0.15, -0.1) is 0 Å². The van der Waals surface area contributed by atoms with Crippen LogP contribution in [0.15, 0.2) is 12.4 Å². The van der Waals surface area contributed by atoms with E-state index in [1.165, 1.54) is 0 Å². The Kier molecular flexibility index (Phi) is 4.82. The molecule has 0 spiro atoms. The number of nitrogen functional groups attached to an aromatic ring is 1. The van der Waals surface area contributed by atoms with Crippen LogP contribution in [0.2, 0.25) is 0 Å². The van der Waals surface area contributed by atoms with Crippen molar-refractivity contribution in [3.63, 3.8) is 0 Å². The summed E-state index contributed by atoms with van der Waals surface area (Å²) < 4.78 is 5.46. The quantitative estimate of drug-likeness (QED) is 0.744. The minimum atomic E-state index is -0.840. The zero-order chi connectivity index (χ0) is 18.8. The number of carboxylic acids is 1. The van der Waals surface area contributed by atoms with E-state index in [1.807, 2.05) is 4.90 Å². The molecule has 2 aromatic heterocycles. The zero-order valence-electron chi connectivity index (χ0n) is 14.8. The van der Waals surface area contributed by atoms with Crippen LogP contribution >= 0.6 is 0 Å². The molecule has 4 rings (SSSR count). The highest BCUT2D eigenvalue weighted by Crippen LogP contribution is 2.29. The summed E-state index contributed by atoms with van der Waals surface area (Å²) in [5, 5.41) is 9.11. The number of aliphatic carboxylic acids is 1. The van der Waals surface area contributed by atoms with E-state index in [1.54, 1.807) is 12.4 Å². The van der Waals surface area contributed by atoms with Crippen molar-refractivity contribution >= 4 is 17.7 Å². The van der Waals surface area contributed by atoms with E-state index in [4.69, 9.17) is 25.5 Å². The van der Waals surface area contributed by atoms with Crippen molar-refractivity contribution in [1.82, 2.24) is 24.8 Å². The van der Waals surface area contributed by atoms with Crippen molar-refractivity contribution in [3.8, 4) is 11.4 Å². The lowest BCUT2D eigenvalue weighted by atomic mass is 10.0. The summed E-state index contributed by atoms with van der Waals surface area (Å²) in [5.74, 6) is 0.767. The Morgan fingerprint density at radius 1 is 1.19 bits per heavy atom. The number of aromatic nitrogens is 4. The molecular formula is C17H21N7O3. The van der Waals surface area contributed by atoms with Gasteiger partial charge < -0.3 is 20.5 Å². The van der Waals surface area contributed by atoms with Crippen LogP contribution in [0.5, 0.6) is 0 Å². The molecule has 0 bridgehead atoms. The van der Waals surface area contributed by atoms with Crippen LogP contribution in [0.3, 0.4) is 0 Å². The molecular weight excluding hydrogens is 350 g/mol. The Hall–Kier alpha value is -2.85. The standard InChI is InChI=1S/C17H21N7O3/c18-17-19-7-11(8-20-17)15-21-13-9-23(10-14(25)26)2-1-12(13)16(22-15)24-3-5-27-6-4-24/h7-8H,1-6,9-10H2,(H,25,26)(H2,18,19,20). The summed E-state index contributed by atoms with van der Waals surface area (Å²) in [6.45, 7) is 3.99. The first kappa shape index (κ1) is 17.6. The van der Waals surface area contributed by atoms with Crippen molar-refractivity contribution in [3.05, 3.63) is 23.7 Å². The topological polar surface area (TPSA) is 131 Å². The highest BCUT2D eigenvalue weighted by molar-refractivity contribution is 5.69. The van der Waals surface area contributed by atoms with Crippen LogP contribution in [0.4, 0.5) is 11.8 Å². The number of carboxylic acid groups (broad SMARTS) is 1. The number of nitrogens with two attached hydrogens (primary N) is 1. The largest absolute Gasteiger partial charge is 0.480 e. The number of hydrogen-bond acceptors (Lipinski definition) is 9. The molecule has 0 aromatic carbocycles. The summed E-state index contributed by atoms with van der Waals surface area (Å²) in [7, 11) is 0. The minimum absolute atomic E-state index is 0.00333. The summed E-state index contributed by atoms with van der Waals surface area (Å²) in [5.41, 5.74) is 8.19. The van der Waals surface area contributed by atoms with E-state index in [-0.39, 0.29) is 12.5 Å². The molecule has 0 saturated carbocycles. The molecule has 1 saturated heterocycles. The van der Waals surface area contributed by atoms with E-state index in [0.717, 1.165) is 30.2 Å². The maximum atomic E-state index is 11.1. The lowest BCUT2D eigenvalue weighted by Crippen LogP contribution is -2.40. The maximum Gasteiger partial charge on any atom is 0.317 e. The van der Waals surface area contributed by atoms with E-state index in [9.17, 15) is 4.79 Å². The number of rotatable bonds is 4. The first-order valence-electron chi connectivity index (χ1n) is 8.84. The first-order valence-corrected chi connectivity index (χ1v) is 8.84. The van der Waals surface area contributed by atoms with Gasteiger partial charge in [0.25, 0.3) is 0 Å². The molecule has 0 aliphatic carbocycles. The van der Waals surface area contributed by atoms with Gasteiger partial charge in [-0.2, -0.15) is 0 Å². The van der Waals surface area contributed by atoms with Gasteiger partial charge in [-0.25, -0.2) is 19.9 Å². The second-order valence-electron chi connectivity index (χ2n) is 6.58. The average molecular weight is 371 g/mol. The Bertz CT molecular complexity index is 837. The number of nitrogens with zero attached hydrogens (tertiary/aromatic N) is 6. The van der Waals surface area contributed by atoms with Gasteiger partial charge >= 0.3 is 5.97 Å². The van der Waals surface area contributed by atoms with E-state index >= 15 is 0 Å². The predicted molar refractivity (Wildman–Crippen MR) is 97.1 cm³/mol. The Balaban J connectivity index is 1.74. The molecule has 1 fully saturated rings. The molecule has 3 N–H and O–H groups in total. The molecule has 10 nitrogen and oxygen atoms in total. The predicted octanol–water partition coefficient (Wildman–Crippen LogP) is -0.205. The van der Waals surface area contributed by atoms with Gasteiger partial charge in [0.1, 0.15) is 5.82 Å². The molecule has 2 aromatic rings. The van der Waals surface area contributed by atoms with Gasteiger partial charge in [0, 0.05) is 44.1 Å². The lowest BCUT2D eigenvalue weighted by molar-refractivity contribution is -0.138. The van der Waals surface area contributed by atoms with Gasteiger partial charge in [0.15, 0.2) is 5.82 Å². The molecule has 0 amide bonds. The molecule has 0 radical (unpaired) electrons. The minimum Gasteiger partial charge on any atom is -0.480 e. The van der Waals surface area contributed by atoms with Crippen molar-refractivity contribution in [2.75, 3.05) is 50.0 Å². The van der Waals surface area contributed by atoms with Crippen LogP contribution in [-0.4, -0.2) is 75.3 Å². The Morgan fingerprint density at radius 3 is 2.63 bits per heavy atom. The van der Waals surface area contributed by atoms with E-state index in [2.05, 4.69) is 14.9 Å². The molecule has 10 heteroatoms. The van der Waals surface area contributed by atoms with Gasteiger partial charge in [-0.05, 0) is 6.42 Å². The number of fused-ring (bicyclic) bond motifs is 1. The summed E-state index contributed by atoms with van der Waals surface area (Å²) in [6.07, 6.45) is 3.92. The van der Waals surface area contributed by atoms with Crippen molar-refractivity contribution in [1.29, 1.82) is 0 Å². The van der Waals surface area contributed by atoms with Gasteiger partial charge in [-0.1, -0.05) is 0 Å². The molecule has 142 valence electrons. The molecule has 2 aliphatic heterocycles. The third-order valence-electron chi connectivity index (χ3n) is 4.72. The van der Waals surface area contributed by atoms with Gasteiger partial charge in [0.05, 0.1) is 31.0 Å². The summed E-state index contributed by atoms with van der Waals surface area (Å²) in [6, 6.07) is 0. The van der Waals surface area contributed by atoms with E-state index in [0.29, 0.717) is 44.1 Å². The van der Waals surface area contributed by atoms with Crippen molar-refractivity contribution in [2.45, 2.75) is 13.0 Å². The number of morpholine rings is 1.